The largest absolute Gasteiger partial charge is 0.443 e. The van der Waals surface area contributed by atoms with E-state index in [1.807, 2.05) is 25.1 Å². The van der Waals surface area contributed by atoms with E-state index in [4.69, 9.17) is 4.42 Å². The maximum atomic E-state index is 11.0. The molecule has 1 aromatic heterocycles. The van der Waals surface area contributed by atoms with Gasteiger partial charge in [0.1, 0.15) is 5.52 Å². The van der Waals surface area contributed by atoms with Crippen LogP contribution in [0, 0.1) is 0 Å². The molecule has 4 nitrogen and oxygen atoms in total. The molecular weight excluding hydrogens is 204 g/mol. The summed E-state index contributed by atoms with van der Waals surface area (Å²) in [4.78, 5) is 15.1. The van der Waals surface area contributed by atoms with E-state index in [0.717, 1.165) is 23.1 Å². The number of benzene rings is 1. The highest BCUT2D eigenvalue weighted by atomic mass is 16.3. The summed E-state index contributed by atoms with van der Waals surface area (Å²) in [5.74, 6) is 0.0857. The van der Waals surface area contributed by atoms with E-state index >= 15 is 0 Å². The number of rotatable bonds is 4. The molecule has 0 saturated carbocycles. The Balaban J connectivity index is 1.96. The number of oxazole rings is 1. The molecule has 0 unspecified atom stereocenters. The average molecular weight is 218 g/mol. The van der Waals surface area contributed by atoms with Crippen molar-refractivity contribution in [1.29, 1.82) is 0 Å². The van der Waals surface area contributed by atoms with Crippen LogP contribution >= 0.6 is 0 Å². The minimum atomic E-state index is 0.0857. The highest BCUT2D eigenvalue weighted by Crippen LogP contribution is 2.14. The van der Waals surface area contributed by atoms with E-state index in [2.05, 4.69) is 10.3 Å². The molecule has 2 aromatic rings. The summed E-state index contributed by atoms with van der Waals surface area (Å²) in [6.45, 7) is 2.51. The average Bonchev–Trinajstić information content (AvgIpc) is 2.76. The minimum absolute atomic E-state index is 0.0857. The van der Waals surface area contributed by atoms with Gasteiger partial charge in [0.2, 0.25) is 5.91 Å². The summed E-state index contributed by atoms with van der Waals surface area (Å²) in [5.41, 5.74) is 2.80. The number of fused-ring (bicyclic) bond motifs is 1. The number of hydrogen-bond donors (Lipinski definition) is 1. The molecule has 1 aromatic carbocycles. The first-order valence-corrected chi connectivity index (χ1v) is 5.38. The van der Waals surface area contributed by atoms with Gasteiger partial charge in [-0.05, 0) is 24.1 Å². The second kappa shape index (κ2) is 4.79. The van der Waals surface area contributed by atoms with Crippen molar-refractivity contribution in [2.75, 3.05) is 6.54 Å². The predicted molar refractivity (Wildman–Crippen MR) is 61.0 cm³/mol. The number of aromatic nitrogens is 1. The van der Waals surface area contributed by atoms with Crippen LogP contribution in [0.4, 0.5) is 0 Å². The molecule has 1 N–H and O–H groups in total. The first-order chi connectivity index (χ1) is 7.79. The Labute approximate surface area is 93.7 Å². The van der Waals surface area contributed by atoms with Gasteiger partial charge in [-0.3, -0.25) is 4.79 Å². The van der Waals surface area contributed by atoms with Crippen LogP contribution in [0.2, 0.25) is 0 Å². The number of carbonyl (C=O) groups is 1. The Morgan fingerprint density at radius 2 is 2.38 bits per heavy atom. The zero-order chi connectivity index (χ0) is 11.4. The molecule has 1 amide bonds. The van der Waals surface area contributed by atoms with Gasteiger partial charge in [-0.1, -0.05) is 13.0 Å². The van der Waals surface area contributed by atoms with Gasteiger partial charge in [0, 0.05) is 13.0 Å². The molecule has 16 heavy (non-hydrogen) atoms. The van der Waals surface area contributed by atoms with Crippen molar-refractivity contribution in [3.05, 3.63) is 30.2 Å². The van der Waals surface area contributed by atoms with Gasteiger partial charge in [-0.2, -0.15) is 0 Å². The molecule has 0 aliphatic carbocycles. The van der Waals surface area contributed by atoms with Crippen LogP contribution in [0.3, 0.4) is 0 Å². The SMILES string of the molecule is CCC(=O)NCCc1ccc2ocnc2c1. The molecule has 4 heteroatoms. The summed E-state index contributed by atoms with van der Waals surface area (Å²) in [6.07, 6.45) is 2.78. The van der Waals surface area contributed by atoms with Gasteiger partial charge in [0.15, 0.2) is 12.0 Å². The van der Waals surface area contributed by atoms with Crippen molar-refractivity contribution in [2.45, 2.75) is 19.8 Å². The number of nitrogens with zero attached hydrogens (tertiary/aromatic N) is 1. The van der Waals surface area contributed by atoms with Gasteiger partial charge in [0.05, 0.1) is 0 Å². The van der Waals surface area contributed by atoms with Crippen molar-refractivity contribution < 1.29 is 9.21 Å². The molecule has 2 rings (SSSR count). The Morgan fingerprint density at radius 1 is 1.50 bits per heavy atom. The molecule has 0 fully saturated rings. The lowest BCUT2D eigenvalue weighted by molar-refractivity contribution is -0.120. The molecule has 0 saturated heterocycles. The van der Waals surface area contributed by atoms with Crippen molar-refractivity contribution in [2.24, 2.45) is 0 Å². The fraction of sp³-hybridized carbons (Fsp3) is 0.333. The molecular formula is C12H14N2O2. The summed E-state index contributed by atoms with van der Waals surface area (Å²) in [7, 11) is 0. The third kappa shape index (κ3) is 2.39. The van der Waals surface area contributed by atoms with Gasteiger partial charge < -0.3 is 9.73 Å². The molecule has 1 heterocycles. The lowest BCUT2D eigenvalue weighted by Gasteiger charge is -2.03. The fourth-order valence-electron chi connectivity index (χ4n) is 1.53. The smallest absolute Gasteiger partial charge is 0.219 e. The van der Waals surface area contributed by atoms with Crippen molar-refractivity contribution in [3.8, 4) is 0 Å². The highest BCUT2D eigenvalue weighted by Gasteiger charge is 2.01. The number of amides is 1. The zero-order valence-corrected chi connectivity index (χ0v) is 9.19. The predicted octanol–water partition coefficient (Wildman–Crippen LogP) is 1.90. The molecule has 0 radical (unpaired) electrons. The van der Waals surface area contributed by atoms with Crippen LogP contribution in [-0.2, 0) is 11.2 Å². The van der Waals surface area contributed by atoms with Crippen molar-refractivity contribution in [3.63, 3.8) is 0 Å². The summed E-state index contributed by atoms with van der Waals surface area (Å²) in [5, 5.41) is 2.84. The Kier molecular flexibility index (Phi) is 3.19. The van der Waals surface area contributed by atoms with E-state index in [9.17, 15) is 4.79 Å². The number of hydrogen-bond acceptors (Lipinski definition) is 3. The molecule has 0 atom stereocenters. The first kappa shape index (κ1) is 10.7. The molecule has 0 spiro atoms. The van der Waals surface area contributed by atoms with Gasteiger partial charge in [-0.15, -0.1) is 0 Å². The molecule has 0 aliphatic heterocycles. The monoisotopic (exact) mass is 218 g/mol. The van der Waals surface area contributed by atoms with Gasteiger partial charge in [-0.25, -0.2) is 4.98 Å². The minimum Gasteiger partial charge on any atom is -0.443 e. The van der Waals surface area contributed by atoms with E-state index in [1.165, 1.54) is 6.39 Å². The van der Waals surface area contributed by atoms with Crippen LogP contribution in [0.25, 0.3) is 11.1 Å². The normalized spacial score (nSPS) is 10.6. The molecule has 0 bridgehead atoms. The molecule has 84 valence electrons. The van der Waals surface area contributed by atoms with E-state index in [-0.39, 0.29) is 5.91 Å². The Bertz CT molecular complexity index is 490. The summed E-state index contributed by atoms with van der Waals surface area (Å²) >= 11 is 0. The third-order valence-electron chi connectivity index (χ3n) is 2.45. The van der Waals surface area contributed by atoms with E-state index < -0.39 is 0 Å². The standard InChI is InChI=1S/C12H14N2O2/c1-2-12(15)13-6-5-9-3-4-11-10(7-9)14-8-16-11/h3-4,7-8H,2,5-6H2,1H3,(H,13,15). The van der Waals surface area contributed by atoms with E-state index in [0.29, 0.717) is 13.0 Å². The summed E-state index contributed by atoms with van der Waals surface area (Å²) < 4.78 is 5.15. The highest BCUT2D eigenvalue weighted by molar-refractivity contribution is 5.75. The second-order valence-corrected chi connectivity index (χ2v) is 3.61. The van der Waals surface area contributed by atoms with Crippen molar-refractivity contribution >= 4 is 17.0 Å². The quantitative estimate of drug-likeness (QED) is 0.852. The first-order valence-electron chi connectivity index (χ1n) is 5.38. The van der Waals surface area contributed by atoms with Gasteiger partial charge in [0.25, 0.3) is 0 Å². The van der Waals surface area contributed by atoms with Crippen LogP contribution < -0.4 is 5.32 Å². The number of nitrogens with one attached hydrogen (secondary N) is 1. The zero-order valence-electron chi connectivity index (χ0n) is 9.19. The Morgan fingerprint density at radius 3 is 3.19 bits per heavy atom. The van der Waals surface area contributed by atoms with Crippen LogP contribution in [-0.4, -0.2) is 17.4 Å². The van der Waals surface area contributed by atoms with Crippen LogP contribution in [0.15, 0.2) is 29.0 Å². The second-order valence-electron chi connectivity index (χ2n) is 3.61. The lowest BCUT2D eigenvalue weighted by Crippen LogP contribution is -2.24. The number of carbonyl (C=O) groups excluding carboxylic acids is 1. The summed E-state index contributed by atoms with van der Waals surface area (Å²) in [6, 6.07) is 5.88. The maximum absolute atomic E-state index is 11.0. The van der Waals surface area contributed by atoms with E-state index in [1.54, 1.807) is 0 Å². The topological polar surface area (TPSA) is 55.1 Å². The maximum Gasteiger partial charge on any atom is 0.219 e. The van der Waals surface area contributed by atoms with Gasteiger partial charge >= 0.3 is 0 Å². The van der Waals surface area contributed by atoms with Crippen LogP contribution in [0.1, 0.15) is 18.9 Å². The third-order valence-corrected chi connectivity index (χ3v) is 2.45. The lowest BCUT2D eigenvalue weighted by atomic mass is 10.1. The fourth-order valence-corrected chi connectivity index (χ4v) is 1.53. The van der Waals surface area contributed by atoms with Crippen LogP contribution in [0.5, 0.6) is 0 Å². The Hall–Kier alpha value is -1.84. The van der Waals surface area contributed by atoms with Crippen molar-refractivity contribution in [1.82, 2.24) is 10.3 Å². The molecule has 0 aliphatic rings.